The summed E-state index contributed by atoms with van der Waals surface area (Å²) in [6, 6.07) is 1.60. The SMILES string of the molecule is CN(C)CC1CCCN1S(=O)(=O)c1ccc(F)c(N)c1F. The lowest BCUT2D eigenvalue weighted by molar-refractivity contribution is 0.290. The van der Waals surface area contributed by atoms with Crippen molar-refractivity contribution >= 4 is 15.7 Å². The van der Waals surface area contributed by atoms with Gasteiger partial charge in [0.25, 0.3) is 0 Å². The van der Waals surface area contributed by atoms with E-state index < -0.39 is 32.2 Å². The molecular weight excluding hydrogens is 300 g/mol. The van der Waals surface area contributed by atoms with Crippen molar-refractivity contribution in [3.8, 4) is 0 Å². The molecule has 1 aromatic carbocycles. The summed E-state index contributed by atoms with van der Waals surface area (Å²) < 4.78 is 53.7. The lowest BCUT2D eigenvalue weighted by Crippen LogP contribution is -2.41. The molecule has 1 aromatic rings. The van der Waals surface area contributed by atoms with Gasteiger partial charge in [-0.1, -0.05) is 0 Å². The van der Waals surface area contributed by atoms with Gasteiger partial charge in [0.2, 0.25) is 10.0 Å². The summed E-state index contributed by atoms with van der Waals surface area (Å²) in [4.78, 5) is 1.32. The molecule has 1 heterocycles. The number of nitrogen functional groups attached to an aromatic ring is 1. The third-order valence-electron chi connectivity index (χ3n) is 3.58. The molecule has 5 nitrogen and oxygen atoms in total. The van der Waals surface area contributed by atoms with Gasteiger partial charge in [-0.05, 0) is 39.1 Å². The minimum atomic E-state index is -4.02. The maximum Gasteiger partial charge on any atom is 0.246 e. The first kappa shape index (κ1) is 16.1. The zero-order chi connectivity index (χ0) is 15.8. The molecule has 1 atom stereocenters. The largest absolute Gasteiger partial charge is 0.394 e. The van der Waals surface area contributed by atoms with E-state index in [0.717, 1.165) is 25.0 Å². The number of hydrogen-bond acceptors (Lipinski definition) is 4. The number of sulfonamides is 1. The van der Waals surface area contributed by atoms with E-state index >= 15 is 0 Å². The minimum absolute atomic E-state index is 0.212. The van der Waals surface area contributed by atoms with Gasteiger partial charge in [-0.15, -0.1) is 0 Å². The average Bonchev–Trinajstić information content (AvgIpc) is 2.83. The highest BCUT2D eigenvalue weighted by Gasteiger charge is 2.37. The molecule has 0 aromatic heterocycles. The molecule has 0 radical (unpaired) electrons. The first-order valence-electron chi connectivity index (χ1n) is 6.65. The fraction of sp³-hybridized carbons (Fsp3) is 0.538. The molecule has 0 amide bonds. The van der Waals surface area contributed by atoms with Crippen LogP contribution in [0.1, 0.15) is 12.8 Å². The monoisotopic (exact) mass is 319 g/mol. The fourth-order valence-electron chi connectivity index (χ4n) is 2.60. The third-order valence-corrected chi connectivity index (χ3v) is 5.55. The summed E-state index contributed by atoms with van der Waals surface area (Å²) in [6.07, 6.45) is 1.44. The van der Waals surface area contributed by atoms with E-state index in [2.05, 4.69) is 0 Å². The molecule has 8 heteroatoms. The molecule has 0 bridgehead atoms. The maximum absolute atomic E-state index is 14.0. The summed E-state index contributed by atoms with van der Waals surface area (Å²) in [6.45, 7) is 0.884. The van der Waals surface area contributed by atoms with Crippen LogP contribution in [0.3, 0.4) is 0 Å². The summed E-state index contributed by atoms with van der Waals surface area (Å²) in [5.41, 5.74) is 4.49. The van der Waals surface area contributed by atoms with Crippen molar-refractivity contribution in [2.24, 2.45) is 0 Å². The van der Waals surface area contributed by atoms with E-state index in [9.17, 15) is 17.2 Å². The summed E-state index contributed by atoms with van der Waals surface area (Å²) >= 11 is 0. The highest BCUT2D eigenvalue weighted by molar-refractivity contribution is 7.89. The van der Waals surface area contributed by atoms with E-state index in [0.29, 0.717) is 13.1 Å². The van der Waals surface area contributed by atoms with Crippen LogP contribution in [0.4, 0.5) is 14.5 Å². The first-order valence-corrected chi connectivity index (χ1v) is 8.09. The van der Waals surface area contributed by atoms with Crippen LogP contribution < -0.4 is 5.73 Å². The fourth-order valence-corrected chi connectivity index (χ4v) is 4.37. The smallest absolute Gasteiger partial charge is 0.246 e. The van der Waals surface area contributed by atoms with E-state index in [1.54, 1.807) is 0 Å². The summed E-state index contributed by atoms with van der Waals surface area (Å²) in [5, 5.41) is 0. The van der Waals surface area contributed by atoms with Crippen molar-refractivity contribution in [3.05, 3.63) is 23.8 Å². The molecular formula is C13H19F2N3O2S. The third kappa shape index (κ3) is 3.02. The molecule has 1 aliphatic heterocycles. The van der Waals surface area contributed by atoms with Gasteiger partial charge in [0, 0.05) is 19.1 Å². The molecule has 0 saturated carbocycles. The predicted octanol–water partition coefficient (Wildman–Crippen LogP) is 1.26. The molecule has 1 unspecified atom stereocenters. The van der Waals surface area contributed by atoms with Crippen molar-refractivity contribution in [1.82, 2.24) is 9.21 Å². The quantitative estimate of drug-likeness (QED) is 0.849. The number of benzene rings is 1. The lowest BCUT2D eigenvalue weighted by atomic mass is 10.2. The predicted molar refractivity (Wildman–Crippen MR) is 76.2 cm³/mol. The van der Waals surface area contributed by atoms with E-state index in [-0.39, 0.29) is 6.04 Å². The van der Waals surface area contributed by atoms with Gasteiger partial charge < -0.3 is 10.6 Å². The Morgan fingerprint density at radius 3 is 2.67 bits per heavy atom. The average molecular weight is 319 g/mol. The number of halogens is 2. The molecule has 0 aliphatic carbocycles. The molecule has 1 fully saturated rings. The minimum Gasteiger partial charge on any atom is -0.394 e. The Morgan fingerprint density at radius 2 is 2.05 bits per heavy atom. The van der Waals surface area contributed by atoms with E-state index in [1.807, 2.05) is 19.0 Å². The standard InChI is InChI=1S/C13H19F2N3O2S/c1-17(2)8-9-4-3-7-18(9)21(19,20)11-6-5-10(14)13(16)12(11)15/h5-6,9H,3-4,7-8,16H2,1-2H3. The van der Waals surface area contributed by atoms with Crippen molar-refractivity contribution in [1.29, 1.82) is 0 Å². The van der Waals surface area contributed by atoms with E-state index in [1.165, 1.54) is 4.31 Å². The number of nitrogens with two attached hydrogens (primary N) is 1. The van der Waals surface area contributed by atoms with Gasteiger partial charge in [0.15, 0.2) is 5.82 Å². The Morgan fingerprint density at radius 1 is 1.38 bits per heavy atom. The Hall–Kier alpha value is -1.25. The first-order chi connectivity index (χ1) is 9.75. The Balaban J connectivity index is 2.40. The molecule has 118 valence electrons. The molecule has 2 rings (SSSR count). The molecule has 1 aliphatic rings. The van der Waals surface area contributed by atoms with Crippen LogP contribution in [0.2, 0.25) is 0 Å². The summed E-state index contributed by atoms with van der Waals surface area (Å²) in [5.74, 6) is -2.18. The van der Waals surface area contributed by atoms with Gasteiger partial charge in [-0.25, -0.2) is 17.2 Å². The second kappa shape index (κ2) is 5.86. The Labute approximate surface area is 123 Å². The lowest BCUT2D eigenvalue weighted by Gasteiger charge is -2.26. The van der Waals surface area contributed by atoms with Crippen LogP contribution in [0, 0.1) is 11.6 Å². The van der Waals surface area contributed by atoms with Gasteiger partial charge >= 0.3 is 0 Å². The molecule has 0 spiro atoms. The molecule has 2 N–H and O–H groups in total. The van der Waals surface area contributed by atoms with E-state index in [4.69, 9.17) is 5.73 Å². The zero-order valence-electron chi connectivity index (χ0n) is 12.0. The van der Waals surface area contributed by atoms with Crippen molar-refractivity contribution in [2.75, 3.05) is 32.9 Å². The van der Waals surface area contributed by atoms with Crippen molar-refractivity contribution in [2.45, 2.75) is 23.8 Å². The van der Waals surface area contributed by atoms with Crippen molar-refractivity contribution in [3.63, 3.8) is 0 Å². The van der Waals surface area contributed by atoms with Crippen LogP contribution in [0.25, 0.3) is 0 Å². The van der Waals surface area contributed by atoms with Crippen LogP contribution in [-0.2, 0) is 10.0 Å². The number of hydrogen-bond donors (Lipinski definition) is 1. The highest BCUT2D eigenvalue weighted by atomic mass is 32.2. The van der Waals surface area contributed by atoms with Gasteiger partial charge in [0.1, 0.15) is 16.4 Å². The van der Waals surface area contributed by atoms with Crippen molar-refractivity contribution < 1.29 is 17.2 Å². The Kier molecular flexibility index (Phi) is 4.50. The topological polar surface area (TPSA) is 66.6 Å². The number of anilines is 1. The number of likely N-dealkylation sites (N-methyl/N-ethyl adjacent to an activating group) is 1. The van der Waals surface area contributed by atoms with Crippen LogP contribution in [0.5, 0.6) is 0 Å². The normalized spacial score (nSPS) is 20.3. The van der Waals surface area contributed by atoms with Gasteiger partial charge in [-0.2, -0.15) is 4.31 Å². The number of rotatable bonds is 4. The second-order valence-corrected chi connectivity index (χ2v) is 7.31. The molecule has 21 heavy (non-hydrogen) atoms. The highest BCUT2D eigenvalue weighted by Crippen LogP contribution is 2.30. The molecule has 1 saturated heterocycles. The summed E-state index contributed by atoms with van der Waals surface area (Å²) in [7, 11) is -0.325. The van der Waals surface area contributed by atoms with Gasteiger partial charge in [0.05, 0.1) is 0 Å². The Bertz CT molecular complexity index is 635. The van der Waals surface area contributed by atoms with Crippen LogP contribution in [-0.4, -0.2) is 50.8 Å². The van der Waals surface area contributed by atoms with Gasteiger partial charge in [-0.3, -0.25) is 0 Å². The van der Waals surface area contributed by atoms with Crippen LogP contribution >= 0.6 is 0 Å². The zero-order valence-corrected chi connectivity index (χ0v) is 12.8. The number of nitrogens with zero attached hydrogens (tertiary/aromatic N) is 2. The maximum atomic E-state index is 14.0. The van der Waals surface area contributed by atoms with Crippen LogP contribution in [0.15, 0.2) is 17.0 Å². The second-order valence-electron chi connectivity index (χ2n) is 5.45.